The summed E-state index contributed by atoms with van der Waals surface area (Å²) >= 11 is 6.33. The van der Waals surface area contributed by atoms with Crippen LogP contribution in [-0.2, 0) is 12.7 Å². The molecule has 1 aliphatic rings. The minimum Gasteiger partial charge on any atom is -0.493 e. The summed E-state index contributed by atoms with van der Waals surface area (Å²) in [7, 11) is 0. The Balaban J connectivity index is 1.41. The molecule has 3 aromatic heterocycles. The maximum absolute atomic E-state index is 13.1. The highest BCUT2D eigenvalue weighted by molar-refractivity contribution is 6.31. The van der Waals surface area contributed by atoms with Crippen LogP contribution in [0.15, 0.2) is 49.1 Å². The summed E-state index contributed by atoms with van der Waals surface area (Å²) in [5, 5.41) is 9.58. The van der Waals surface area contributed by atoms with Crippen LogP contribution in [0.5, 0.6) is 5.75 Å². The van der Waals surface area contributed by atoms with Gasteiger partial charge in [0.1, 0.15) is 17.1 Å². The van der Waals surface area contributed by atoms with Crippen molar-refractivity contribution >= 4 is 11.6 Å². The molecule has 0 fully saturated rings. The number of alkyl halides is 3. The summed E-state index contributed by atoms with van der Waals surface area (Å²) in [5.74, 6) is 0.842. The lowest BCUT2D eigenvalue weighted by atomic mass is 10.0. The van der Waals surface area contributed by atoms with Gasteiger partial charge in [0.25, 0.3) is 0 Å². The lowest BCUT2D eigenvalue weighted by molar-refractivity contribution is -0.140. The molecule has 31 heavy (non-hydrogen) atoms. The lowest BCUT2D eigenvalue weighted by Gasteiger charge is -2.10. The molecule has 0 saturated carbocycles. The molecule has 0 amide bonds. The topological polar surface area (TPSA) is 81.5 Å². The van der Waals surface area contributed by atoms with Crippen LogP contribution in [-0.4, -0.2) is 36.6 Å². The quantitative estimate of drug-likeness (QED) is 0.496. The molecule has 0 aliphatic carbocycles. The van der Waals surface area contributed by atoms with Crippen molar-refractivity contribution in [3.05, 3.63) is 65.3 Å². The molecule has 4 heterocycles. The van der Waals surface area contributed by atoms with Crippen molar-refractivity contribution in [3.8, 4) is 28.4 Å². The third-order valence-corrected chi connectivity index (χ3v) is 5.37. The second-order valence-electron chi connectivity index (χ2n) is 7.06. The van der Waals surface area contributed by atoms with Gasteiger partial charge in [-0.2, -0.15) is 28.6 Å². The van der Waals surface area contributed by atoms with Gasteiger partial charge in [-0.25, -0.2) is 4.98 Å². The molecule has 1 atom stereocenters. The zero-order valence-electron chi connectivity index (χ0n) is 15.8. The number of halogens is 4. The average molecular weight is 447 g/mol. The van der Waals surface area contributed by atoms with E-state index in [0.29, 0.717) is 29.6 Å². The van der Waals surface area contributed by atoms with Crippen molar-refractivity contribution in [3.63, 3.8) is 0 Å². The van der Waals surface area contributed by atoms with E-state index in [-0.39, 0.29) is 17.2 Å². The number of aromatic nitrogens is 6. The highest BCUT2D eigenvalue weighted by Gasteiger charge is 2.38. The van der Waals surface area contributed by atoms with Gasteiger partial charge in [-0.3, -0.25) is 4.98 Å². The number of hydrogen-bond acceptors (Lipinski definition) is 5. The van der Waals surface area contributed by atoms with Crippen LogP contribution in [0.2, 0.25) is 5.02 Å². The Hall–Kier alpha value is -3.40. The normalized spacial score (nSPS) is 15.7. The molecular weight excluding hydrogens is 433 g/mol. The smallest absolute Gasteiger partial charge is 0.437 e. The Bertz CT molecular complexity index is 1250. The highest BCUT2D eigenvalue weighted by atomic mass is 35.5. The van der Waals surface area contributed by atoms with Crippen LogP contribution < -0.4 is 4.74 Å². The Morgan fingerprint density at radius 2 is 2.03 bits per heavy atom. The first-order valence-corrected chi connectivity index (χ1v) is 9.65. The van der Waals surface area contributed by atoms with Gasteiger partial charge in [-0.1, -0.05) is 17.7 Å². The number of H-pyrrole nitrogens is 1. The van der Waals surface area contributed by atoms with Gasteiger partial charge in [-0.05, 0) is 24.3 Å². The monoisotopic (exact) mass is 446 g/mol. The molecule has 11 heteroatoms. The second kappa shape index (κ2) is 7.38. The largest absolute Gasteiger partial charge is 0.493 e. The fourth-order valence-corrected chi connectivity index (χ4v) is 3.97. The van der Waals surface area contributed by atoms with Gasteiger partial charge in [-0.15, -0.1) is 0 Å². The van der Waals surface area contributed by atoms with E-state index < -0.39 is 11.9 Å². The molecule has 7 nitrogen and oxygen atoms in total. The molecule has 158 valence electrons. The SMILES string of the molecule is FC(F)(F)c1n[nH]nc1-c1ccnc(-c2cn(C[C@H]3COc4cccc(Cl)c43)cn2)c1. The zero-order chi connectivity index (χ0) is 21.6. The van der Waals surface area contributed by atoms with Crippen LogP contribution in [0, 0.1) is 0 Å². The number of nitrogens with zero attached hydrogens (tertiary/aromatic N) is 5. The second-order valence-corrected chi connectivity index (χ2v) is 7.47. The predicted molar refractivity (Wildman–Crippen MR) is 106 cm³/mol. The van der Waals surface area contributed by atoms with Crippen LogP contribution in [0.3, 0.4) is 0 Å². The van der Waals surface area contributed by atoms with Crippen LogP contribution >= 0.6 is 11.6 Å². The molecule has 0 unspecified atom stereocenters. The van der Waals surface area contributed by atoms with Gasteiger partial charge in [0.2, 0.25) is 0 Å². The van der Waals surface area contributed by atoms with Gasteiger partial charge < -0.3 is 9.30 Å². The number of ether oxygens (including phenoxy) is 1. The predicted octanol–water partition coefficient (Wildman–Crippen LogP) is 4.58. The third kappa shape index (κ3) is 3.63. The number of pyridine rings is 1. The molecule has 1 aliphatic heterocycles. The summed E-state index contributed by atoms with van der Waals surface area (Å²) in [6.45, 7) is 1.09. The number of nitrogens with one attached hydrogen (secondary N) is 1. The van der Waals surface area contributed by atoms with Crippen molar-refractivity contribution in [1.29, 1.82) is 0 Å². The minimum absolute atomic E-state index is 0.0644. The van der Waals surface area contributed by atoms with Crippen molar-refractivity contribution < 1.29 is 17.9 Å². The number of benzene rings is 1. The Morgan fingerprint density at radius 1 is 1.16 bits per heavy atom. The fraction of sp³-hybridized carbons (Fsp3) is 0.200. The zero-order valence-corrected chi connectivity index (χ0v) is 16.5. The first-order valence-electron chi connectivity index (χ1n) is 9.28. The van der Waals surface area contributed by atoms with Crippen molar-refractivity contribution in [2.24, 2.45) is 0 Å². The molecule has 0 radical (unpaired) electrons. The maximum atomic E-state index is 13.1. The lowest BCUT2D eigenvalue weighted by Crippen LogP contribution is -2.09. The molecule has 0 bridgehead atoms. The van der Waals surface area contributed by atoms with Crippen molar-refractivity contribution in [1.82, 2.24) is 29.9 Å². The molecule has 1 aromatic carbocycles. The van der Waals surface area contributed by atoms with E-state index in [1.165, 1.54) is 18.3 Å². The summed E-state index contributed by atoms with van der Waals surface area (Å²) in [4.78, 5) is 8.61. The molecule has 0 saturated heterocycles. The molecule has 0 spiro atoms. The van der Waals surface area contributed by atoms with Gasteiger partial charge in [0.05, 0.1) is 18.6 Å². The molecular formula is C20H14ClF3N6O. The van der Waals surface area contributed by atoms with Crippen LogP contribution in [0.25, 0.3) is 22.6 Å². The van der Waals surface area contributed by atoms with E-state index in [0.717, 1.165) is 11.3 Å². The summed E-state index contributed by atoms with van der Waals surface area (Å²) < 4.78 is 47.0. The van der Waals surface area contributed by atoms with Crippen LogP contribution in [0.1, 0.15) is 17.2 Å². The fourth-order valence-electron chi connectivity index (χ4n) is 3.65. The maximum Gasteiger partial charge on any atom is 0.437 e. The van der Waals surface area contributed by atoms with Gasteiger partial charge in [0.15, 0.2) is 5.69 Å². The Morgan fingerprint density at radius 3 is 2.87 bits per heavy atom. The van der Waals surface area contributed by atoms with E-state index in [9.17, 15) is 13.2 Å². The van der Waals surface area contributed by atoms with Gasteiger partial charge in [0, 0.05) is 41.0 Å². The number of fused-ring (bicyclic) bond motifs is 1. The minimum atomic E-state index is -4.62. The van der Waals surface area contributed by atoms with Crippen molar-refractivity contribution in [2.75, 3.05) is 6.61 Å². The van der Waals surface area contributed by atoms with Gasteiger partial charge >= 0.3 is 6.18 Å². The summed E-state index contributed by atoms with van der Waals surface area (Å²) in [6, 6.07) is 8.51. The van der Waals surface area contributed by atoms with Crippen molar-refractivity contribution in [2.45, 2.75) is 18.6 Å². The standard InChI is InChI=1S/C20H14ClF3N6O/c21-13-2-1-3-16-17(13)12(9-31-16)7-30-8-15(26-10-30)14-6-11(4-5-25-14)18-19(20(22,23)24)28-29-27-18/h1-6,8,10,12H,7,9H2,(H,27,28,29)/t12-/m0/s1. The molecule has 5 rings (SSSR count). The first-order chi connectivity index (χ1) is 14.9. The number of rotatable bonds is 4. The Kier molecular flexibility index (Phi) is 4.66. The summed E-state index contributed by atoms with van der Waals surface area (Å²) in [6.07, 6.45) is 0.234. The highest BCUT2D eigenvalue weighted by Crippen LogP contribution is 2.40. The van der Waals surface area contributed by atoms with E-state index >= 15 is 0 Å². The molecule has 1 N–H and O–H groups in total. The average Bonchev–Trinajstić information content (AvgIpc) is 3.48. The van der Waals surface area contributed by atoms with E-state index in [4.69, 9.17) is 16.3 Å². The van der Waals surface area contributed by atoms with E-state index in [1.54, 1.807) is 12.5 Å². The van der Waals surface area contributed by atoms with Crippen LogP contribution in [0.4, 0.5) is 13.2 Å². The Labute approximate surface area is 178 Å². The molecule has 4 aromatic rings. The summed E-state index contributed by atoms with van der Waals surface area (Å²) in [5.41, 5.74) is 0.790. The van der Waals surface area contributed by atoms with E-state index in [2.05, 4.69) is 20.2 Å². The number of imidazole rings is 1. The third-order valence-electron chi connectivity index (χ3n) is 5.04. The number of aromatic amines is 1. The number of hydrogen-bond donors (Lipinski definition) is 1. The van der Waals surface area contributed by atoms with E-state index in [1.807, 2.05) is 28.0 Å². The first kappa shape index (κ1) is 19.6.